The van der Waals surface area contributed by atoms with Crippen LogP contribution in [-0.4, -0.2) is 128 Å². The number of aromatic nitrogens is 1. The third-order valence-electron chi connectivity index (χ3n) is 11.2. The lowest BCUT2D eigenvalue weighted by molar-refractivity contribution is -0.156. The topological polar surface area (TPSA) is 225 Å². The van der Waals surface area contributed by atoms with Gasteiger partial charge in [0.2, 0.25) is 29.5 Å². The molecule has 1 aromatic heterocycles. The molecular formula is C43H49N7O10. The molecule has 7 atom stereocenters. The number of benzene rings is 2. The van der Waals surface area contributed by atoms with Crippen LogP contribution in [-0.2, 0) is 44.7 Å². The molecule has 316 valence electrons. The molecule has 0 aliphatic carbocycles. The Bertz CT molecular complexity index is 2120. The summed E-state index contributed by atoms with van der Waals surface area (Å²) in [5.41, 5.74) is 0.560. The predicted octanol–water partition coefficient (Wildman–Crippen LogP) is 1.20. The predicted molar refractivity (Wildman–Crippen MR) is 213 cm³/mol. The number of ketones is 1. The van der Waals surface area contributed by atoms with E-state index in [9.17, 15) is 43.5 Å². The van der Waals surface area contributed by atoms with Crippen LogP contribution < -0.4 is 16.0 Å². The van der Waals surface area contributed by atoms with Gasteiger partial charge in [0, 0.05) is 45.6 Å². The normalized spacial score (nSPS) is 26.1. The zero-order valence-corrected chi connectivity index (χ0v) is 33.6. The number of fused-ring (bicyclic) bond motifs is 2. The molecule has 0 saturated carbocycles. The number of hydrogen-bond acceptors (Lipinski definition) is 11. The maximum atomic E-state index is 14.8. The Labute approximate surface area is 346 Å². The average molecular weight is 824 g/mol. The third-order valence-corrected chi connectivity index (χ3v) is 11.2. The molecule has 4 heterocycles. The number of ether oxygens (including phenoxy) is 1. The Morgan fingerprint density at radius 2 is 1.53 bits per heavy atom. The average Bonchev–Trinajstić information content (AvgIpc) is 3.75. The van der Waals surface area contributed by atoms with Crippen molar-refractivity contribution in [2.45, 2.75) is 94.7 Å². The summed E-state index contributed by atoms with van der Waals surface area (Å²) in [5, 5.41) is 18.2. The summed E-state index contributed by atoms with van der Waals surface area (Å²) in [7, 11) is 1.47. The fraction of sp³-hybridized carbons (Fsp3) is 0.419. The van der Waals surface area contributed by atoms with E-state index >= 15 is 0 Å². The Balaban J connectivity index is 1.43. The van der Waals surface area contributed by atoms with Gasteiger partial charge in [-0.2, -0.15) is 0 Å². The number of nitrogens with one attached hydrogen (secondary N) is 3. The number of hydrogen-bond donors (Lipinski definition) is 4. The van der Waals surface area contributed by atoms with Gasteiger partial charge in [-0.15, -0.1) is 0 Å². The molecule has 3 saturated heterocycles. The lowest BCUT2D eigenvalue weighted by Gasteiger charge is -2.40. The summed E-state index contributed by atoms with van der Waals surface area (Å²) in [4.78, 5) is 121. The molecular weight excluding hydrogens is 775 g/mol. The number of nitrogens with zero attached hydrogens (tertiary/aromatic N) is 4. The van der Waals surface area contributed by atoms with Gasteiger partial charge in [0.05, 0.1) is 0 Å². The highest BCUT2D eigenvalue weighted by atomic mass is 16.5. The van der Waals surface area contributed by atoms with Gasteiger partial charge >= 0.3 is 5.97 Å². The molecule has 17 heteroatoms. The fourth-order valence-electron chi connectivity index (χ4n) is 7.88. The summed E-state index contributed by atoms with van der Waals surface area (Å²) in [5.74, 6) is -6.30. The summed E-state index contributed by atoms with van der Waals surface area (Å²) in [6, 6.07) is 11.7. The zero-order valence-electron chi connectivity index (χ0n) is 33.6. The van der Waals surface area contributed by atoms with E-state index in [1.807, 2.05) is 6.07 Å². The minimum absolute atomic E-state index is 0.0410. The van der Waals surface area contributed by atoms with E-state index in [2.05, 4.69) is 20.9 Å². The molecule has 0 unspecified atom stereocenters. The second-order valence-electron chi connectivity index (χ2n) is 15.2. The van der Waals surface area contributed by atoms with Crippen molar-refractivity contribution >= 4 is 47.2 Å². The van der Waals surface area contributed by atoms with Gasteiger partial charge in [0.1, 0.15) is 47.8 Å². The molecule has 0 radical (unpaired) electrons. The maximum absolute atomic E-state index is 14.8. The van der Waals surface area contributed by atoms with E-state index in [0.717, 1.165) is 5.56 Å². The highest BCUT2D eigenvalue weighted by Gasteiger charge is 2.45. The van der Waals surface area contributed by atoms with Crippen LogP contribution >= 0.6 is 0 Å². The first kappa shape index (κ1) is 42.9. The number of rotatable bonds is 6. The number of carbonyl (C=O) groups is 8. The Morgan fingerprint density at radius 1 is 0.850 bits per heavy atom. The van der Waals surface area contributed by atoms with Crippen LogP contribution in [0.25, 0.3) is 0 Å². The lowest BCUT2D eigenvalue weighted by Crippen LogP contribution is -2.61. The van der Waals surface area contributed by atoms with E-state index in [-0.39, 0.29) is 56.5 Å². The van der Waals surface area contributed by atoms with Crippen LogP contribution in [0, 0.1) is 0 Å². The number of pyridine rings is 1. The molecule has 2 aromatic carbocycles. The van der Waals surface area contributed by atoms with Crippen molar-refractivity contribution in [1.29, 1.82) is 0 Å². The van der Waals surface area contributed by atoms with E-state index in [0.29, 0.717) is 6.42 Å². The first-order chi connectivity index (χ1) is 28.8. The largest absolute Gasteiger partial charge is 0.505 e. The monoisotopic (exact) mass is 823 g/mol. The first-order valence-electron chi connectivity index (χ1n) is 20.0. The minimum atomic E-state index is -1.68. The molecule has 3 aromatic rings. The Hall–Kier alpha value is -6.65. The van der Waals surface area contributed by atoms with Crippen molar-refractivity contribution in [2.24, 2.45) is 0 Å². The summed E-state index contributed by atoms with van der Waals surface area (Å²) < 4.78 is 5.83. The number of likely N-dealkylation sites (N-methyl/N-ethyl adjacent to an activating group) is 1. The van der Waals surface area contributed by atoms with Crippen LogP contribution in [0.2, 0.25) is 0 Å². The highest BCUT2D eigenvalue weighted by Crippen LogP contribution is 2.26. The van der Waals surface area contributed by atoms with Crippen molar-refractivity contribution in [1.82, 2.24) is 35.6 Å². The maximum Gasteiger partial charge on any atom is 0.333 e. The lowest BCUT2D eigenvalue weighted by atomic mass is 9.95. The zero-order chi connectivity index (χ0) is 43.1. The number of Topliss-reactive ketones (excluding diaryl/α,β-unsaturated/α-hetero) is 1. The van der Waals surface area contributed by atoms with Crippen LogP contribution in [0.1, 0.15) is 73.6 Å². The smallest absolute Gasteiger partial charge is 0.333 e. The molecule has 17 nitrogen and oxygen atoms in total. The quantitative estimate of drug-likeness (QED) is 0.259. The van der Waals surface area contributed by atoms with Gasteiger partial charge in [0.15, 0.2) is 11.7 Å². The van der Waals surface area contributed by atoms with Gasteiger partial charge in [-0.3, -0.25) is 33.6 Å². The van der Waals surface area contributed by atoms with Crippen LogP contribution in [0.15, 0.2) is 79.0 Å². The second kappa shape index (κ2) is 18.9. The van der Waals surface area contributed by atoms with Gasteiger partial charge in [0.25, 0.3) is 5.91 Å². The number of cyclic esters (lactones) is 1. The van der Waals surface area contributed by atoms with Crippen LogP contribution in [0.5, 0.6) is 5.75 Å². The standard InChI is InChI=1S/C43H49N7O10/c1-4-29-40(56)49-21-12-17-30(49)41(57)48(3)32(23-26-13-7-5-8-14-26)42(58)50-22-19-28(51)24-31(50)37(53)47-35(27-15-9-6-10-16-27)43(59)60-25(2)34(38(54)45-29)46-39(55)36-33(52)18-11-20-44-36/h5-11,13-16,18,20,25,29-32,34-35,52H,4,12,17,19,21-24H2,1-3H3,(H,45,54)(H,46,55)(H,47,53)/t25-,29+,30+,31-,32-,34+,35-/m1/s1. The van der Waals surface area contributed by atoms with Gasteiger partial charge in [-0.05, 0) is 49.4 Å². The van der Waals surface area contributed by atoms with Crippen molar-refractivity contribution in [3.63, 3.8) is 0 Å². The number of carbonyl (C=O) groups excluding carboxylic acids is 8. The van der Waals surface area contributed by atoms with E-state index < -0.39 is 95.2 Å². The van der Waals surface area contributed by atoms with Gasteiger partial charge in [-0.25, -0.2) is 9.78 Å². The SMILES string of the molecule is CC[C@@H]1NC(=O)[C@@H](NC(=O)c2ncccc2O)[C@@H](C)OC(=O)[C@@H](c2ccccc2)NC(=O)[C@H]2CC(=O)CCN2C(=O)[C@@H](Cc2ccccc2)N(C)C(=O)[C@@H]2CCCN2C1=O. The summed E-state index contributed by atoms with van der Waals surface area (Å²) in [6.45, 7) is 3.03. The molecule has 6 amide bonds. The van der Waals surface area contributed by atoms with Crippen molar-refractivity contribution in [2.75, 3.05) is 20.1 Å². The molecule has 3 fully saturated rings. The van der Waals surface area contributed by atoms with Crippen molar-refractivity contribution in [3.8, 4) is 5.75 Å². The highest BCUT2D eigenvalue weighted by molar-refractivity contribution is 6.01. The number of amides is 6. The van der Waals surface area contributed by atoms with Gasteiger partial charge < -0.3 is 40.5 Å². The molecule has 3 aliphatic heterocycles. The number of aromatic hydroxyl groups is 1. The van der Waals surface area contributed by atoms with Crippen LogP contribution in [0.4, 0.5) is 0 Å². The molecule has 3 aliphatic rings. The molecule has 0 bridgehead atoms. The second-order valence-corrected chi connectivity index (χ2v) is 15.2. The van der Waals surface area contributed by atoms with E-state index in [1.165, 1.54) is 47.0 Å². The molecule has 0 spiro atoms. The molecule has 4 N–H and O–H groups in total. The molecule has 6 rings (SSSR count). The number of esters is 1. The minimum Gasteiger partial charge on any atom is -0.505 e. The van der Waals surface area contributed by atoms with E-state index in [4.69, 9.17) is 4.74 Å². The summed E-state index contributed by atoms with van der Waals surface area (Å²) in [6.07, 6.45) is 0.235. The first-order valence-corrected chi connectivity index (χ1v) is 20.0. The van der Waals surface area contributed by atoms with Crippen molar-refractivity contribution < 1.29 is 48.2 Å². The van der Waals surface area contributed by atoms with Gasteiger partial charge in [-0.1, -0.05) is 67.6 Å². The van der Waals surface area contributed by atoms with Crippen molar-refractivity contribution in [3.05, 3.63) is 95.8 Å². The Morgan fingerprint density at radius 3 is 2.22 bits per heavy atom. The Kier molecular flexibility index (Phi) is 13.6. The molecule has 60 heavy (non-hydrogen) atoms. The fourth-order valence-corrected chi connectivity index (χ4v) is 7.88. The van der Waals surface area contributed by atoms with Crippen LogP contribution in [0.3, 0.4) is 0 Å². The summed E-state index contributed by atoms with van der Waals surface area (Å²) >= 11 is 0. The van der Waals surface area contributed by atoms with E-state index in [1.54, 1.807) is 61.5 Å². The number of piperidine rings is 1. The third kappa shape index (κ3) is 9.45.